The molecule has 0 saturated carbocycles. The van der Waals surface area contributed by atoms with Crippen LogP contribution in [0.3, 0.4) is 0 Å². The van der Waals surface area contributed by atoms with Gasteiger partial charge >= 0.3 is 0 Å². The van der Waals surface area contributed by atoms with Crippen LogP contribution in [-0.4, -0.2) is 66.7 Å². The Kier molecular flexibility index (Phi) is 5.01. The zero-order valence-electron chi connectivity index (χ0n) is 15.5. The molecule has 2 aliphatic rings. The SMILES string of the molecule is COc1ccccc1C1=NO[C@@H](C(=O)N2CCN(C(=O)c3ccco3)CC2)C1. The number of piperazine rings is 1. The summed E-state index contributed by atoms with van der Waals surface area (Å²) < 4.78 is 10.5. The van der Waals surface area contributed by atoms with Gasteiger partial charge in [-0.3, -0.25) is 9.59 Å². The zero-order chi connectivity index (χ0) is 19.5. The van der Waals surface area contributed by atoms with Crippen molar-refractivity contribution in [3.8, 4) is 5.75 Å². The van der Waals surface area contributed by atoms with Crippen LogP contribution in [0.1, 0.15) is 22.5 Å². The summed E-state index contributed by atoms with van der Waals surface area (Å²) in [6.07, 6.45) is 1.22. The molecule has 28 heavy (non-hydrogen) atoms. The monoisotopic (exact) mass is 383 g/mol. The molecule has 0 bridgehead atoms. The van der Waals surface area contributed by atoms with Gasteiger partial charge < -0.3 is 23.8 Å². The molecule has 8 nitrogen and oxygen atoms in total. The maximum absolute atomic E-state index is 12.8. The van der Waals surface area contributed by atoms with Crippen LogP contribution in [0.2, 0.25) is 0 Å². The summed E-state index contributed by atoms with van der Waals surface area (Å²) in [4.78, 5) is 34.0. The number of hydrogen-bond acceptors (Lipinski definition) is 6. The number of ether oxygens (including phenoxy) is 1. The van der Waals surface area contributed by atoms with Crippen LogP contribution in [0, 0.1) is 0 Å². The van der Waals surface area contributed by atoms with Crippen molar-refractivity contribution in [2.75, 3.05) is 33.3 Å². The van der Waals surface area contributed by atoms with Crippen LogP contribution in [0.5, 0.6) is 5.75 Å². The summed E-state index contributed by atoms with van der Waals surface area (Å²) in [5.41, 5.74) is 1.52. The molecule has 0 aliphatic carbocycles. The van der Waals surface area contributed by atoms with Gasteiger partial charge in [0.25, 0.3) is 11.8 Å². The summed E-state index contributed by atoms with van der Waals surface area (Å²) in [6, 6.07) is 10.8. The van der Waals surface area contributed by atoms with E-state index in [0.29, 0.717) is 49.8 Å². The molecule has 1 atom stereocenters. The van der Waals surface area contributed by atoms with E-state index in [1.807, 2.05) is 24.3 Å². The van der Waals surface area contributed by atoms with Gasteiger partial charge in [-0.1, -0.05) is 17.3 Å². The van der Waals surface area contributed by atoms with E-state index >= 15 is 0 Å². The van der Waals surface area contributed by atoms with Crippen molar-refractivity contribution in [2.24, 2.45) is 5.16 Å². The molecule has 1 fully saturated rings. The normalized spacial score (nSPS) is 19.2. The summed E-state index contributed by atoms with van der Waals surface area (Å²) in [5, 5.41) is 4.10. The predicted molar refractivity (Wildman–Crippen MR) is 100 cm³/mol. The van der Waals surface area contributed by atoms with Gasteiger partial charge in [0.05, 0.1) is 19.1 Å². The van der Waals surface area contributed by atoms with E-state index in [0.717, 1.165) is 5.56 Å². The Labute approximate surface area is 162 Å². The largest absolute Gasteiger partial charge is 0.496 e. The minimum absolute atomic E-state index is 0.112. The van der Waals surface area contributed by atoms with Crippen LogP contribution in [0.15, 0.2) is 52.2 Å². The highest BCUT2D eigenvalue weighted by Crippen LogP contribution is 2.25. The number of carbonyl (C=O) groups excluding carboxylic acids is 2. The van der Waals surface area contributed by atoms with Gasteiger partial charge in [-0.15, -0.1) is 0 Å². The number of para-hydroxylation sites is 1. The van der Waals surface area contributed by atoms with Crippen molar-refractivity contribution in [1.82, 2.24) is 9.80 Å². The third-order valence-electron chi connectivity index (χ3n) is 4.97. The molecule has 8 heteroatoms. The zero-order valence-corrected chi connectivity index (χ0v) is 15.5. The molecule has 3 heterocycles. The van der Waals surface area contributed by atoms with Gasteiger partial charge in [0.2, 0.25) is 6.10 Å². The van der Waals surface area contributed by atoms with Gasteiger partial charge in [0.1, 0.15) is 5.75 Å². The number of methoxy groups -OCH3 is 1. The third-order valence-corrected chi connectivity index (χ3v) is 4.97. The fourth-order valence-electron chi connectivity index (χ4n) is 3.44. The molecule has 2 aromatic rings. The lowest BCUT2D eigenvalue weighted by Gasteiger charge is -2.35. The highest BCUT2D eigenvalue weighted by Gasteiger charge is 2.35. The van der Waals surface area contributed by atoms with Crippen LogP contribution >= 0.6 is 0 Å². The second-order valence-electron chi connectivity index (χ2n) is 6.63. The van der Waals surface area contributed by atoms with Crippen LogP contribution in [0.4, 0.5) is 0 Å². The van der Waals surface area contributed by atoms with Crippen molar-refractivity contribution in [2.45, 2.75) is 12.5 Å². The average molecular weight is 383 g/mol. The summed E-state index contributed by atoms with van der Waals surface area (Å²) in [5.74, 6) is 0.742. The van der Waals surface area contributed by atoms with Crippen LogP contribution in [-0.2, 0) is 9.63 Å². The first-order chi connectivity index (χ1) is 13.7. The molecule has 1 aromatic carbocycles. The second-order valence-corrected chi connectivity index (χ2v) is 6.63. The van der Waals surface area contributed by atoms with Crippen molar-refractivity contribution in [1.29, 1.82) is 0 Å². The number of amides is 2. The number of furan rings is 1. The number of oxime groups is 1. The van der Waals surface area contributed by atoms with E-state index in [1.165, 1.54) is 6.26 Å². The lowest BCUT2D eigenvalue weighted by Crippen LogP contribution is -2.52. The average Bonchev–Trinajstić information content (AvgIpc) is 3.45. The molecule has 146 valence electrons. The highest BCUT2D eigenvalue weighted by atomic mass is 16.6. The molecule has 2 aliphatic heterocycles. The summed E-state index contributed by atoms with van der Waals surface area (Å²) >= 11 is 0. The van der Waals surface area contributed by atoms with Gasteiger partial charge in [-0.05, 0) is 24.3 Å². The number of carbonyl (C=O) groups is 2. The van der Waals surface area contributed by atoms with Crippen LogP contribution in [0.25, 0.3) is 0 Å². The van der Waals surface area contributed by atoms with Crippen molar-refractivity contribution in [3.05, 3.63) is 54.0 Å². The first kappa shape index (κ1) is 18.1. The topological polar surface area (TPSA) is 84.6 Å². The predicted octanol–water partition coefficient (Wildman–Crippen LogP) is 1.77. The third kappa shape index (κ3) is 3.45. The Balaban J connectivity index is 1.34. The lowest BCUT2D eigenvalue weighted by atomic mass is 10.0. The van der Waals surface area contributed by atoms with Gasteiger partial charge in [0, 0.05) is 38.2 Å². The minimum Gasteiger partial charge on any atom is -0.496 e. The maximum Gasteiger partial charge on any atom is 0.289 e. The second kappa shape index (κ2) is 7.75. The lowest BCUT2D eigenvalue weighted by molar-refractivity contribution is -0.143. The Morgan fingerprint density at radius 3 is 2.54 bits per heavy atom. The van der Waals surface area contributed by atoms with E-state index in [4.69, 9.17) is 14.0 Å². The molecule has 2 amide bonds. The molecular weight excluding hydrogens is 362 g/mol. The van der Waals surface area contributed by atoms with E-state index in [-0.39, 0.29) is 11.8 Å². The summed E-state index contributed by atoms with van der Waals surface area (Å²) in [7, 11) is 1.60. The molecule has 4 rings (SSSR count). The molecule has 0 unspecified atom stereocenters. The van der Waals surface area contributed by atoms with Gasteiger partial charge in [-0.25, -0.2) is 0 Å². The van der Waals surface area contributed by atoms with Crippen molar-refractivity contribution in [3.63, 3.8) is 0 Å². The molecule has 1 saturated heterocycles. The molecule has 0 radical (unpaired) electrons. The molecule has 0 N–H and O–H groups in total. The molecule has 1 aromatic heterocycles. The number of nitrogens with zero attached hydrogens (tertiary/aromatic N) is 3. The molecule has 0 spiro atoms. The van der Waals surface area contributed by atoms with Crippen molar-refractivity contribution < 1.29 is 23.6 Å². The van der Waals surface area contributed by atoms with Crippen molar-refractivity contribution >= 4 is 17.5 Å². The Hall–Kier alpha value is -3.29. The fourth-order valence-corrected chi connectivity index (χ4v) is 3.44. The van der Waals surface area contributed by atoms with E-state index in [1.54, 1.807) is 29.0 Å². The van der Waals surface area contributed by atoms with E-state index in [2.05, 4.69) is 5.16 Å². The number of rotatable bonds is 4. The van der Waals surface area contributed by atoms with E-state index < -0.39 is 6.10 Å². The summed E-state index contributed by atoms with van der Waals surface area (Å²) in [6.45, 7) is 1.82. The highest BCUT2D eigenvalue weighted by molar-refractivity contribution is 6.06. The van der Waals surface area contributed by atoms with Gasteiger partial charge in [-0.2, -0.15) is 0 Å². The fraction of sp³-hybridized carbons (Fsp3) is 0.350. The maximum atomic E-state index is 12.8. The first-order valence-electron chi connectivity index (χ1n) is 9.15. The first-order valence-corrected chi connectivity index (χ1v) is 9.15. The molecular formula is C20H21N3O5. The standard InChI is InChI=1S/C20H21N3O5/c1-26-16-6-3-2-5-14(16)15-13-18(28-21-15)20(25)23-10-8-22(9-11-23)19(24)17-7-4-12-27-17/h2-7,12,18H,8-11,13H2,1H3/t18-/m1/s1. The Bertz CT molecular complexity index is 885. The Morgan fingerprint density at radius 1 is 1.07 bits per heavy atom. The smallest absolute Gasteiger partial charge is 0.289 e. The van der Waals surface area contributed by atoms with Crippen LogP contribution < -0.4 is 4.74 Å². The minimum atomic E-state index is -0.646. The number of hydrogen-bond donors (Lipinski definition) is 0. The Morgan fingerprint density at radius 2 is 1.82 bits per heavy atom. The quantitative estimate of drug-likeness (QED) is 0.803. The van der Waals surface area contributed by atoms with Gasteiger partial charge in [0.15, 0.2) is 5.76 Å². The number of benzene rings is 1. The van der Waals surface area contributed by atoms with E-state index in [9.17, 15) is 9.59 Å².